The maximum atomic E-state index is 4.15. The first-order chi connectivity index (χ1) is 8.90. The second-order valence-electron chi connectivity index (χ2n) is 5.38. The van der Waals surface area contributed by atoms with Gasteiger partial charge in [-0.2, -0.15) is 0 Å². The highest BCUT2D eigenvalue weighted by molar-refractivity contribution is 4.84. The Morgan fingerprint density at radius 3 is 2.67 bits per heavy atom. The van der Waals surface area contributed by atoms with Gasteiger partial charge in [-0.05, 0) is 32.2 Å². The minimum Gasteiger partial charge on any atom is -0.317 e. The molecule has 0 atom stereocenters. The molecule has 4 heteroatoms. The maximum Gasteiger partial charge on any atom is 0.146 e. The van der Waals surface area contributed by atoms with Gasteiger partial charge < -0.3 is 9.88 Å². The summed E-state index contributed by atoms with van der Waals surface area (Å²) in [6.07, 6.45) is 11.7. The molecule has 0 aromatic carbocycles. The van der Waals surface area contributed by atoms with E-state index >= 15 is 0 Å². The molecule has 1 fully saturated rings. The van der Waals surface area contributed by atoms with Crippen molar-refractivity contribution in [2.45, 2.75) is 65.0 Å². The third-order valence-electron chi connectivity index (χ3n) is 3.98. The standard InChI is InChI=1S/C14H26N4/c1-2-18-12-16-17-14(18)11-15-10-13-8-6-4-3-5-7-9-13/h12-13,15H,2-11H2,1H3. The summed E-state index contributed by atoms with van der Waals surface area (Å²) in [6.45, 7) is 5.07. The molecule has 1 aliphatic rings. The van der Waals surface area contributed by atoms with Crippen molar-refractivity contribution in [3.8, 4) is 0 Å². The SMILES string of the molecule is CCn1cnnc1CNCC1CCCCCCC1. The smallest absolute Gasteiger partial charge is 0.146 e. The van der Waals surface area contributed by atoms with Gasteiger partial charge in [0.1, 0.15) is 12.2 Å². The molecule has 1 aromatic heterocycles. The molecule has 0 saturated heterocycles. The van der Waals surface area contributed by atoms with E-state index in [0.717, 1.165) is 31.4 Å². The summed E-state index contributed by atoms with van der Waals surface area (Å²) < 4.78 is 2.10. The molecule has 0 radical (unpaired) electrons. The maximum absolute atomic E-state index is 4.15. The largest absolute Gasteiger partial charge is 0.317 e. The van der Waals surface area contributed by atoms with Gasteiger partial charge in [-0.3, -0.25) is 0 Å². The number of aryl methyl sites for hydroxylation is 1. The van der Waals surface area contributed by atoms with Crippen LogP contribution in [0.3, 0.4) is 0 Å². The third-order valence-corrected chi connectivity index (χ3v) is 3.98. The Bertz CT molecular complexity index is 326. The van der Waals surface area contributed by atoms with Gasteiger partial charge in [0.25, 0.3) is 0 Å². The van der Waals surface area contributed by atoms with Gasteiger partial charge in [0.15, 0.2) is 0 Å². The molecule has 18 heavy (non-hydrogen) atoms. The predicted octanol–water partition coefficient (Wildman–Crippen LogP) is 2.75. The first-order valence-electron chi connectivity index (χ1n) is 7.47. The molecule has 4 nitrogen and oxygen atoms in total. The zero-order valence-electron chi connectivity index (χ0n) is 11.6. The summed E-state index contributed by atoms with van der Waals surface area (Å²) in [7, 11) is 0. The average molecular weight is 250 g/mol. The van der Waals surface area contributed by atoms with Gasteiger partial charge >= 0.3 is 0 Å². The average Bonchev–Trinajstić information content (AvgIpc) is 2.79. The van der Waals surface area contributed by atoms with E-state index in [1.54, 1.807) is 0 Å². The van der Waals surface area contributed by atoms with E-state index in [1.807, 2.05) is 6.33 Å². The number of nitrogens with one attached hydrogen (secondary N) is 1. The quantitative estimate of drug-likeness (QED) is 0.873. The van der Waals surface area contributed by atoms with E-state index in [1.165, 1.54) is 44.9 Å². The second-order valence-corrected chi connectivity index (χ2v) is 5.38. The predicted molar refractivity (Wildman–Crippen MR) is 73.2 cm³/mol. The summed E-state index contributed by atoms with van der Waals surface area (Å²) in [6, 6.07) is 0. The van der Waals surface area contributed by atoms with Crippen molar-refractivity contribution >= 4 is 0 Å². The molecule has 1 aliphatic carbocycles. The summed E-state index contributed by atoms with van der Waals surface area (Å²) in [5.41, 5.74) is 0. The van der Waals surface area contributed by atoms with Crippen molar-refractivity contribution in [1.82, 2.24) is 20.1 Å². The number of nitrogens with zero attached hydrogens (tertiary/aromatic N) is 3. The molecule has 2 rings (SSSR count). The van der Waals surface area contributed by atoms with Gasteiger partial charge in [-0.1, -0.05) is 32.1 Å². The zero-order chi connectivity index (χ0) is 12.6. The van der Waals surface area contributed by atoms with E-state index < -0.39 is 0 Å². The van der Waals surface area contributed by atoms with E-state index in [0.29, 0.717) is 0 Å². The number of hydrogen-bond acceptors (Lipinski definition) is 3. The minimum absolute atomic E-state index is 0.852. The van der Waals surface area contributed by atoms with Gasteiger partial charge in [0.2, 0.25) is 0 Å². The summed E-state index contributed by atoms with van der Waals surface area (Å²) >= 11 is 0. The van der Waals surface area contributed by atoms with Crippen LogP contribution in [0.5, 0.6) is 0 Å². The summed E-state index contributed by atoms with van der Waals surface area (Å²) in [5, 5.41) is 11.7. The Morgan fingerprint density at radius 1 is 1.22 bits per heavy atom. The summed E-state index contributed by atoms with van der Waals surface area (Å²) in [5.74, 6) is 1.92. The van der Waals surface area contributed by atoms with Gasteiger partial charge in [-0.25, -0.2) is 0 Å². The number of aromatic nitrogens is 3. The van der Waals surface area contributed by atoms with Gasteiger partial charge in [0.05, 0.1) is 6.54 Å². The van der Waals surface area contributed by atoms with Crippen LogP contribution < -0.4 is 5.32 Å². The van der Waals surface area contributed by atoms with Gasteiger partial charge in [-0.15, -0.1) is 10.2 Å². The third kappa shape index (κ3) is 4.09. The minimum atomic E-state index is 0.852. The van der Waals surface area contributed by atoms with Crippen molar-refractivity contribution < 1.29 is 0 Å². The molecule has 1 N–H and O–H groups in total. The Hall–Kier alpha value is -0.900. The molecule has 0 unspecified atom stereocenters. The number of rotatable bonds is 5. The fourth-order valence-corrected chi connectivity index (χ4v) is 2.81. The highest BCUT2D eigenvalue weighted by Gasteiger charge is 2.11. The van der Waals surface area contributed by atoms with Crippen molar-refractivity contribution in [2.24, 2.45) is 5.92 Å². The number of hydrogen-bond donors (Lipinski definition) is 1. The van der Waals surface area contributed by atoms with Crippen LogP contribution in [0, 0.1) is 5.92 Å². The fourth-order valence-electron chi connectivity index (χ4n) is 2.81. The first-order valence-corrected chi connectivity index (χ1v) is 7.47. The molecule has 1 aromatic rings. The lowest BCUT2D eigenvalue weighted by molar-refractivity contribution is 0.358. The topological polar surface area (TPSA) is 42.7 Å². The Balaban J connectivity index is 1.70. The monoisotopic (exact) mass is 250 g/mol. The molecule has 0 spiro atoms. The van der Waals surface area contributed by atoms with Crippen molar-refractivity contribution in [1.29, 1.82) is 0 Å². The van der Waals surface area contributed by atoms with Crippen molar-refractivity contribution in [3.05, 3.63) is 12.2 Å². The molecule has 1 heterocycles. The lowest BCUT2D eigenvalue weighted by atomic mass is 9.91. The zero-order valence-corrected chi connectivity index (χ0v) is 11.6. The molecule has 0 amide bonds. The van der Waals surface area contributed by atoms with Crippen LogP contribution in [0.2, 0.25) is 0 Å². The second kappa shape index (κ2) is 7.52. The van der Waals surface area contributed by atoms with Crippen LogP contribution in [-0.4, -0.2) is 21.3 Å². The van der Waals surface area contributed by atoms with Crippen LogP contribution in [-0.2, 0) is 13.1 Å². The molecule has 1 saturated carbocycles. The van der Waals surface area contributed by atoms with E-state index in [2.05, 4.69) is 27.0 Å². The molecule has 102 valence electrons. The molecule has 0 aliphatic heterocycles. The Morgan fingerprint density at radius 2 is 1.94 bits per heavy atom. The molecule has 0 bridgehead atoms. The van der Waals surface area contributed by atoms with Crippen LogP contribution >= 0.6 is 0 Å². The normalized spacial score (nSPS) is 18.5. The summed E-state index contributed by atoms with van der Waals surface area (Å²) in [4.78, 5) is 0. The fraction of sp³-hybridized carbons (Fsp3) is 0.857. The molecular formula is C14H26N4. The van der Waals surface area contributed by atoms with Crippen molar-refractivity contribution in [2.75, 3.05) is 6.54 Å². The first kappa shape index (κ1) is 13.5. The molecular weight excluding hydrogens is 224 g/mol. The highest BCUT2D eigenvalue weighted by atomic mass is 15.3. The van der Waals surface area contributed by atoms with Crippen LogP contribution in [0.25, 0.3) is 0 Å². The van der Waals surface area contributed by atoms with E-state index in [4.69, 9.17) is 0 Å². The lowest BCUT2D eigenvalue weighted by Crippen LogP contribution is -2.24. The highest BCUT2D eigenvalue weighted by Crippen LogP contribution is 2.21. The van der Waals surface area contributed by atoms with Crippen molar-refractivity contribution in [3.63, 3.8) is 0 Å². The van der Waals surface area contributed by atoms with E-state index in [-0.39, 0.29) is 0 Å². The Kier molecular flexibility index (Phi) is 5.65. The van der Waals surface area contributed by atoms with E-state index in [9.17, 15) is 0 Å². The van der Waals surface area contributed by atoms with Gasteiger partial charge in [0, 0.05) is 6.54 Å². The van der Waals surface area contributed by atoms with Crippen LogP contribution in [0.4, 0.5) is 0 Å². The lowest BCUT2D eigenvalue weighted by Gasteiger charge is -2.19. The van der Waals surface area contributed by atoms with Crippen LogP contribution in [0.1, 0.15) is 57.7 Å². The Labute approximate surface area is 110 Å². The van der Waals surface area contributed by atoms with Crippen LogP contribution in [0.15, 0.2) is 6.33 Å².